The molecule has 1 aromatic carbocycles. The Morgan fingerprint density at radius 3 is 2.86 bits per heavy atom. The lowest BCUT2D eigenvalue weighted by Crippen LogP contribution is -2.28. The third-order valence-corrected chi connectivity index (χ3v) is 3.86. The van der Waals surface area contributed by atoms with E-state index in [2.05, 4.69) is 27.9 Å². The monoisotopic (exact) mass is 285 g/mol. The summed E-state index contributed by atoms with van der Waals surface area (Å²) in [5, 5.41) is 10.00. The number of hydrogen-bond donors (Lipinski definition) is 2. The average molecular weight is 285 g/mol. The predicted molar refractivity (Wildman–Crippen MR) is 79.0 cm³/mol. The van der Waals surface area contributed by atoms with E-state index < -0.39 is 0 Å². The molecule has 0 radical (unpaired) electrons. The topological polar surface area (TPSA) is 67.2 Å². The fraction of sp³-hybridized carbons (Fsp3) is 0.375. The first-order chi connectivity index (χ1) is 10.3. The summed E-state index contributed by atoms with van der Waals surface area (Å²) in [6.07, 6.45) is 3.92. The number of nitrogens with zero attached hydrogens (tertiary/aromatic N) is 1. The number of hydrogen-bond acceptors (Lipinski definition) is 4. The lowest BCUT2D eigenvalue weighted by molar-refractivity contribution is 0.0950. The zero-order chi connectivity index (χ0) is 14.5. The number of carbonyl (C=O) groups is 1. The van der Waals surface area contributed by atoms with Gasteiger partial charge in [0.05, 0.1) is 6.54 Å². The van der Waals surface area contributed by atoms with Crippen LogP contribution < -0.4 is 10.6 Å². The molecule has 5 heteroatoms. The van der Waals surface area contributed by atoms with Crippen LogP contribution in [0.2, 0.25) is 0 Å². The lowest BCUT2D eigenvalue weighted by atomic mass is 9.91. The van der Waals surface area contributed by atoms with Gasteiger partial charge in [0.2, 0.25) is 0 Å². The molecule has 1 atom stereocenters. The molecule has 2 N–H and O–H groups in total. The molecule has 5 nitrogen and oxygen atoms in total. The summed E-state index contributed by atoms with van der Waals surface area (Å²) in [5.74, 6) is 0.470. The second-order valence-electron chi connectivity index (χ2n) is 5.34. The molecule has 1 fully saturated rings. The minimum Gasteiger partial charge on any atom is -0.364 e. The van der Waals surface area contributed by atoms with E-state index in [0.717, 1.165) is 13.1 Å². The molecule has 110 valence electrons. The number of aromatic nitrogens is 1. The average Bonchev–Trinajstić information content (AvgIpc) is 3.07. The Balaban J connectivity index is 1.59. The van der Waals surface area contributed by atoms with Crippen LogP contribution in [0, 0.1) is 0 Å². The predicted octanol–water partition coefficient (Wildman–Crippen LogP) is 2.07. The molecule has 1 aromatic heterocycles. The molecule has 1 aliphatic rings. The van der Waals surface area contributed by atoms with E-state index in [1.54, 1.807) is 6.07 Å². The minimum atomic E-state index is -0.0914. The summed E-state index contributed by atoms with van der Waals surface area (Å²) in [5.41, 5.74) is 2.69. The second-order valence-corrected chi connectivity index (χ2v) is 5.34. The smallest absolute Gasteiger partial charge is 0.251 e. The van der Waals surface area contributed by atoms with Gasteiger partial charge in [0.1, 0.15) is 12.0 Å². The van der Waals surface area contributed by atoms with Gasteiger partial charge in [0.15, 0.2) is 0 Å². The number of piperidine rings is 1. The molecule has 2 aromatic rings. The summed E-state index contributed by atoms with van der Waals surface area (Å²) >= 11 is 0. The van der Waals surface area contributed by atoms with Gasteiger partial charge in [-0.15, -0.1) is 0 Å². The van der Waals surface area contributed by atoms with Crippen LogP contribution >= 0.6 is 0 Å². The molecule has 3 rings (SSSR count). The van der Waals surface area contributed by atoms with Crippen LogP contribution in [0.25, 0.3) is 0 Å². The Hall–Kier alpha value is -2.14. The Bertz CT molecular complexity index is 572. The van der Waals surface area contributed by atoms with Gasteiger partial charge >= 0.3 is 0 Å². The highest BCUT2D eigenvalue weighted by Gasteiger charge is 2.15. The molecule has 21 heavy (non-hydrogen) atoms. The van der Waals surface area contributed by atoms with E-state index in [9.17, 15) is 4.79 Å². The fourth-order valence-corrected chi connectivity index (χ4v) is 2.64. The van der Waals surface area contributed by atoms with Crippen LogP contribution in [0.5, 0.6) is 0 Å². The van der Waals surface area contributed by atoms with Crippen molar-refractivity contribution in [1.82, 2.24) is 15.8 Å². The summed E-state index contributed by atoms with van der Waals surface area (Å²) in [6.45, 7) is 2.51. The maximum atomic E-state index is 12.0. The number of carbonyl (C=O) groups excluding carboxylic acids is 1. The molecule has 1 aliphatic heterocycles. The van der Waals surface area contributed by atoms with E-state index >= 15 is 0 Å². The number of benzene rings is 1. The van der Waals surface area contributed by atoms with Crippen LogP contribution in [0.1, 0.15) is 40.4 Å². The van der Waals surface area contributed by atoms with Crippen molar-refractivity contribution in [2.24, 2.45) is 0 Å². The molecular formula is C16H19N3O2. The SMILES string of the molecule is O=C(NCc1ccon1)c1ccc(C2CCCNC2)cc1. The van der Waals surface area contributed by atoms with Gasteiger partial charge in [0, 0.05) is 18.2 Å². The highest BCUT2D eigenvalue weighted by Crippen LogP contribution is 2.23. The van der Waals surface area contributed by atoms with Gasteiger partial charge < -0.3 is 15.2 Å². The summed E-state index contributed by atoms with van der Waals surface area (Å²) in [6, 6.07) is 9.63. The second kappa shape index (κ2) is 6.54. The van der Waals surface area contributed by atoms with Crippen molar-refractivity contribution in [2.75, 3.05) is 13.1 Å². The normalized spacial score (nSPS) is 18.4. The van der Waals surface area contributed by atoms with Crippen LogP contribution in [-0.2, 0) is 6.54 Å². The van der Waals surface area contributed by atoms with Crippen LogP contribution in [0.3, 0.4) is 0 Å². The third-order valence-electron chi connectivity index (χ3n) is 3.86. The highest BCUT2D eigenvalue weighted by atomic mass is 16.5. The number of amides is 1. The van der Waals surface area contributed by atoms with Gasteiger partial charge in [-0.2, -0.15) is 0 Å². The maximum Gasteiger partial charge on any atom is 0.251 e. The third kappa shape index (κ3) is 3.49. The van der Waals surface area contributed by atoms with Crippen molar-refractivity contribution < 1.29 is 9.32 Å². The van der Waals surface area contributed by atoms with E-state index in [-0.39, 0.29) is 5.91 Å². The van der Waals surface area contributed by atoms with Gasteiger partial charge in [-0.3, -0.25) is 4.79 Å². The van der Waals surface area contributed by atoms with Crippen LogP contribution in [0.15, 0.2) is 41.1 Å². The Kier molecular flexibility index (Phi) is 4.31. The maximum absolute atomic E-state index is 12.0. The fourth-order valence-electron chi connectivity index (χ4n) is 2.64. The van der Waals surface area contributed by atoms with Crippen LogP contribution in [-0.4, -0.2) is 24.2 Å². The summed E-state index contributed by atoms with van der Waals surface area (Å²) in [4.78, 5) is 12.0. The standard InChI is InChI=1S/C16H19N3O2/c20-16(18-11-15-7-9-21-19-15)13-5-3-12(4-6-13)14-2-1-8-17-10-14/h3-7,9,14,17H,1-2,8,10-11H2,(H,18,20). The van der Waals surface area contributed by atoms with Gasteiger partial charge in [-0.1, -0.05) is 17.3 Å². The van der Waals surface area contributed by atoms with Gasteiger partial charge in [-0.05, 0) is 43.0 Å². The Morgan fingerprint density at radius 2 is 2.19 bits per heavy atom. The molecule has 1 amide bonds. The zero-order valence-electron chi connectivity index (χ0n) is 11.8. The van der Waals surface area contributed by atoms with E-state index in [0.29, 0.717) is 23.7 Å². The lowest BCUT2D eigenvalue weighted by Gasteiger charge is -2.23. The van der Waals surface area contributed by atoms with Crippen molar-refractivity contribution in [3.8, 4) is 0 Å². The van der Waals surface area contributed by atoms with Gasteiger partial charge in [-0.25, -0.2) is 0 Å². The molecule has 1 unspecified atom stereocenters. The Morgan fingerprint density at radius 1 is 1.33 bits per heavy atom. The number of nitrogens with one attached hydrogen (secondary N) is 2. The largest absolute Gasteiger partial charge is 0.364 e. The van der Waals surface area contributed by atoms with E-state index in [4.69, 9.17) is 4.52 Å². The van der Waals surface area contributed by atoms with Crippen molar-refractivity contribution in [1.29, 1.82) is 0 Å². The zero-order valence-corrected chi connectivity index (χ0v) is 11.8. The quantitative estimate of drug-likeness (QED) is 0.902. The Labute approximate surface area is 123 Å². The molecule has 0 aliphatic carbocycles. The molecule has 0 saturated carbocycles. The van der Waals surface area contributed by atoms with E-state index in [1.807, 2.05) is 12.1 Å². The summed E-state index contributed by atoms with van der Waals surface area (Å²) < 4.78 is 4.73. The van der Waals surface area contributed by atoms with Crippen LogP contribution in [0.4, 0.5) is 0 Å². The number of rotatable bonds is 4. The van der Waals surface area contributed by atoms with Crippen molar-refractivity contribution in [3.63, 3.8) is 0 Å². The van der Waals surface area contributed by atoms with E-state index in [1.165, 1.54) is 24.7 Å². The first-order valence-electron chi connectivity index (χ1n) is 7.31. The molecule has 1 saturated heterocycles. The van der Waals surface area contributed by atoms with Crippen molar-refractivity contribution in [3.05, 3.63) is 53.4 Å². The minimum absolute atomic E-state index is 0.0914. The first-order valence-corrected chi connectivity index (χ1v) is 7.31. The molecule has 2 heterocycles. The highest BCUT2D eigenvalue weighted by molar-refractivity contribution is 5.94. The molecule has 0 spiro atoms. The first kappa shape index (κ1) is 13.8. The van der Waals surface area contributed by atoms with Crippen molar-refractivity contribution in [2.45, 2.75) is 25.3 Å². The van der Waals surface area contributed by atoms with Crippen molar-refractivity contribution >= 4 is 5.91 Å². The van der Waals surface area contributed by atoms with Gasteiger partial charge in [0.25, 0.3) is 5.91 Å². The molecule has 0 bridgehead atoms. The molecular weight excluding hydrogens is 266 g/mol. The summed E-state index contributed by atoms with van der Waals surface area (Å²) in [7, 11) is 0.